The fourth-order valence-corrected chi connectivity index (χ4v) is 5.73. The van der Waals surface area contributed by atoms with Crippen molar-refractivity contribution in [3.63, 3.8) is 0 Å². The lowest BCUT2D eigenvalue weighted by molar-refractivity contribution is -0.104. The number of ether oxygens (including phenoxy) is 2. The minimum Gasteiger partial charge on any atom is -0.441 e. The summed E-state index contributed by atoms with van der Waals surface area (Å²) in [5, 5.41) is 4.53. The quantitative estimate of drug-likeness (QED) is 0.498. The van der Waals surface area contributed by atoms with Gasteiger partial charge in [0.2, 0.25) is 0 Å². The molecule has 38 heavy (non-hydrogen) atoms. The number of nitrogens with zero attached hydrogens (tertiary/aromatic N) is 5. The van der Waals surface area contributed by atoms with Gasteiger partial charge in [0.25, 0.3) is 0 Å². The van der Waals surface area contributed by atoms with Crippen LogP contribution in [-0.4, -0.2) is 90.1 Å². The Kier molecular flexibility index (Phi) is 6.74. The van der Waals surface area contributed by atoms with Crippen molar-refractivity contribution in [2.75, 3.05) is 57.4 Å². The molecule has 0 radical (unpaired) electrons. The molecule has 6 rings (SSSR count). The first kappa shape index (κ1) is 25.1. The van der Waals surface area contributed by atoms with Gasteiger partial charge >= 0.3 is 6.09 Å². The zero-order valence-corrected chi connectivity index (χ0v) is 22.2. The molecule has 2 aromatic heterocycles. The van der Waals surface area contributed by atoms with E-state index >= 15 is 4.39 Å². The van der Waals surface area contributed by atoms with Gasteiger partial charge in [0.05, 0.1) is 24.4 Å². The summed E-state index contributed by atoms with van der Waals surface area (Å²) in [6.45, 7) is 9.31. The van der Waals surface area contributed by atoms with Crippen LogP contribution in [0.4, 0.5) is 14.9 Å². The van der Waals surface area contributed by atoms with Crippen molar-refractivity contribution in [3.8, 4) is 11.1 Å². The van der Waals surface area contributed by atoms with Crippen LogP contribution in [0.1, 0.15) is 32.3 Å². The molecule has 0 N–H and O–H groups in total. The number of alkyl halides is 1. The summed E-state index contributed by atoms with van der Waals surface area (Å²) in [5.41, 5.74) is 3.63. The van der Waals surface area contributed by atoms with Crippen LogP contribution >= 0.6 is 0 Å². The van der Waals surface area contributed by atoms with E-state index < -0.39 is 5.67 Å². The van der Waals surface area contributed by atoms with E-state index in [0.717, 1.165) is 53.9 Å². The fraction of sp³-hybridized carbons (Fsp3) is 0.517. The molecule has 1 atom stereocenters. The number of carbonyl (C=O) groups excluding carboxylic acids is 1. The first-order valence-electron chi connectivity index (χ1n) is 13.7. The van der Waals surface area contributed by atoms with Crippen molar-refractivity contribution >= 4 is 17.3 Å². The smallest absolute Gasteiger partial charge is 0.410 e. The monoisotopic (exact) mass is 521 g/mol. The molecule has 0 unspecified atom stereocenters. The van der Waals surface area contributed by atoms with Gasteiger partial charge in [0.1, 0.15) is 5.67 Å². The van der Waals surface area contributed by atoms with E-state index in [0.29, 0.717) is 45.3 Å². The van der Waals surface area contributed by atoms with Gasteiger partial charge < -0.3 is 19.3 Å². The van der Waals surface area contributed by atoms with Crippen LogP contribution in [0, 0.1) is 0 Å². The number of piperazine rings is 1. The Labute approximate surface area is 222 Å². The molecule has 0 bridgehead atoms. The number of aromatic nitrogens is 2. The average Bonchev–Trinajstić information content (AvgIpc) is 3.35. The third kappa shape index (κ3) is 4.85. The molecular formula is C29H36FN5O3. The number of piperidine rings is 1. The summed E-state index contributed by atoms with van der Waals surface area (Å²) >= 11 is 0. The predicted molar refractivity (Wildman–Crippen MR) is 144 cm³/mol. The highest BCUT2D eigenvalue weighted by Crippen LogP contribution is 2.37. The fourth-order valence-electron chi connectivity index (χ4n) is 5.73. The van der Waals surface area contributed by atoms with Crippen molar-refractivity contribution < 1.29 is 18.7 Å². The maximum atomic E-state index is 15.9. The summed E-state index contributed by atoms with van der Waals surface area (Å²) < 4.78 is 28.4. The minimum absolute atomic E-state index is 0.110. The zero-order chi connectivity index (χ0) is 26.3. The Balaban J connectivity index is 1.16. The van der Waals surface area contributed by atoms with Gasteiger partial charge in [0, 0.05) is 56.7 Å². The van der Waals surface area contributed by atoms with E-state index in [2.05, 4.69) is 34.8 Å². The molecular weight excluding hydrogens is 485 g/mol. The Morgan fingerprint density at radius 1 is 1.08 bits per heavy atom. The maximum Gasteiger partial charge on any atom is 0.410 e. The molecule has 5 heterocycles. The summed E-state index contributed by atoms with van der Waals surface area (Å²) in [7, 11) is 0. The van der Waals surface area contributed by atoms with Crippen LogP contribution in [0.15, 0.2) is 48.8 Å². The van der Waals surface area contributed by atoms with E-state index in [-0.39, 0.29) is 12.2 Å². The summed E-state index contributed by atoms with van der Waals surface area (Å²) in [6.07, 6.45) is 4.91. The molecule has 1 amide bonds. The molecule has 8 nitrogen and oxygen atoms in total. The van der Waals surface area contributed by atoms with Crippen molar-refractivity contribution in [1.82, 2.24) is 19.4 Å². The lowest BCUT2D eigenvalue weighted by Gasteiger charge is -2.39. The van der Waals surface area contributed by atoms with Crippen molar-refractivity contribution in [2.45, 2.75) is 44.5 Å². The SMILES string of the molecule is CC(C)N1CCC[C@](F)(c2ccc(-c3cc4c(N5CCN(C(=O)OC6COC6)CC5)ccnn4c3)cc2)C1. The van der Waals surface area contributed by atoms with Crippen LogP contribution in [0.3, 0.4) is 0 Å². The van der Waals surface area contributed by atoms with E-state index in [9.17, 15) is 4.79 Å². The number of benzene rings is 1. The van der Waals surface area contributed by atoms with Crippen LogP contribution in [-0.2, 0) is 15.1 Å². The second kappa shape index (κ2) is 10.2. The second-order valence-electron chi connectivity index (χ2n) is 11.0. The van der Waals surface area contributed by atoms with Crippen molar-refractivity contribution in [1.29, 1.82) is 0 Å². The standard InChI is InChI=1S/C29H36FN5O3/c1-21(2)34-11-3-9-29(30,20-34)24-6-4-22(5-7-24)23-16-27-26(8-10-31-35(27)17-23)32-12-14-33(15-13-32)28(36)38-25-18-37-19-25/h4-8,10,16-17,21,25H,3,9,11-15,18-20H2,1-2H3/t29-/m1/s1. The molecule has 0 saturated carbocycles. The molecule has 3 fully saturated rings. The highest BCUT2D eigenvalue weighted by Gasteiger charge is 2.38. The predicted octanol–water partition coefficient (Wildman–Crippen LogP) is 4.33. The minimum atomic E-state index is -1.30. The number of fused-ring (bicyclic) bond motifs is 1. The van der Waals surface area contributed by atoms with E-state index in [4.69, 9.17) is 9.47 Å². The lowest BCUT2D eigenvalue weighted by Crippen LogP contribution is -2.51. The van der Waals surface area contributed by atoms with Gasteiger partial charge in [-0.2, -0.15) is 5.10 Å². The Bertz CT molecular complexity index is 1280. The van der Waals surface area contributed by atoms with Crippen LogP contribution in [0.5, 0.6) is 0 Å². The third-order valence-corrected chi connectivity index (χ3v) is 8.18. The summed E-state index contributed by atoms with van der Waals surface area (Å²) in [5.74, 6) is 0. The van der Waals surface area contributed by atoms with Crippen molar-refractivity contribution in [3.05, 3.63) is 54.4 Å². The van der Waals surface area contributed by atoms with E-state index in [1.54, 1.807) is 4.90 Å². The van der Waals surface area contributed by atoms with Crippen molar-refractivity contribution in [2.24, 2.45) is 0 Å². The highest BCUT2D eigenvalue weighted by molar-refractivity contribution is 5.80. The topological polar surface area (TPSA) is 62.5 Å². The maximum absolute atomic E-state index is 15.9. The first-order valence-corrected chi connectivity index (χ1v) is 13.7. The van der Waals surface area contributed by atoms with Gasteiger partial charge in [-0.05, 0) is 56.5 Å². The molecule has 3 saturated heterocycles. The third-order valence-electron chi connectivity index (χ3n) is 8.18. The van der Waals surface area contributed by atoms with Crippen LogP contribution < -0.4 is 4.90 Å². The number of amides is 1. The van der Waals surface area contributed by atoms with Gasteiger partial charge in [-0.3, -0.25) is 4.90 Å². The van der Waals surface area contributed by atoms with Crippen LogP contribution in [0.2, 0.25) is 0 Å². The highest BCUT2D eigenvalue weighted by atomic mass is 19.1. The van der Waals surface area contributed by atoms with Gasteiger partial charge in [-0.1, -0.05) is 24.3 Å². The normalized spacial score (nSPS) is 23.2. The van der Waals surface area contributed by atoms with E-state index in [1.165, 1.54) is 0 Å². The van der Waals surface area contributed by atoms with E-state index in [1.807, 2.05) is 47.2 Å². The molecule has 9 heteroatoms. The number of carbonyl (C=O) groups is 1. The Morgan fingerprint density at radius 2 is 1.84 bits per heavy atom. The van der Waals surface area contributed by atoms with Gasteiger partial charge in [-0.25, -0.2) is 13.7 Å². The molecule has 3 aromatic rings. The van der Waals surface area contributed by atoms with Crippen LogP contribution in [0.25, 0.3) is 16.6 Å². The molecule has 0 spiro atoms. The average molecular weight is 522 g/mol. The molecule has 3 aliphatic heterocycles. The number of likely N-dealkylation sites (tertiary alicyclic amines) is 1. The number of hydrogen-bond acceptors (Lipinski definition) is 6. The summed E-state index contributed by atoms with van der Waals surface area (Å²) in [6, 6.07) is 12.5. The zero-order valence-electron chi connectivity index (χ0n) is 22.2. The lowest BCUT2D eigenvalue weighted by atomic mass is 9.86. The molecule has 0 aliphatic carbocycles. The molecule has 3 aliphatic rings. The largest absolute Gasteiger partial charge is 0.441 e. The molecule has 1 aromatic carbocycles. The number of anilines is 1. The Morgan fingerprint density at radius 3 is 2.53 bits per heavy atom. The number of halogens is 1. The summed E-state index contributed by atoms with van der Waals surface area (Å²) in [4.78, 5) is 18.7. The first-order chi connectivity index (χ1) is 18.4. The number of rotatable bonds is 5. The number of hydrogen-bond donors (Lipinski definition) is 0. The Hall–Kier alpha value is -3.17. The second-order valence-corrected chi connectivity index (χ2v) is 11.0. The van der Waals surface area contributed by atoms with Gasteiger partial charge in [-0.15, -0.1) is 0 Å². The molecule has 202 valence electrons. The van der Waals surface area contributed by atoms with Gasteiger partial charge in [0.15, 0.2) is 6.10 Å².